The number of ether oxygens (including phenoxy) is 1. The SMILES string of the molecule is C=C/C(=C\C(=C/C)COc1ccc(C)cc1)ON1CCC(C)CC1. The highest BCUT2D eigenvalue weighted by Gasteiger charge is 2.17. The number of piperidine rings is 1. The van der Waals surface area contributed by atoms with Crippen LogP contribution in [-0.2, 0) is 4.84 Å². The number of nitrogens with zero attached hydrogens (tertiary/aromatic N) is 1. The fourth-order valence-corrected chi connectivity index (χ4v) is 2.54. The number of hydrogen-bond acceptors (Lipinski definition) is 3. The molecule has 1 saturated heterocycles. The van der Waals surface area contributed by atoms with Gasteiger partial charge in [-0.15, -0.1) is 5.06 Å². The van der Waals surface area contributed by atoms with Crippen LogP contribution in [0.25, 0.3) is 0 Å². The van der Waals surface area contributed by atoms with Gasteiger partial charge in [0.1, 0.15) is 18.1 Å². The zero-order chi connectivity index (χ0) is 17.4. The van der Waals surface area contributed by atoms with Crippen LogP contribution < -0.4 is 4.74 Å². The van der Waals surface area contributed by atoms with Crippen molar-refractivity contribution in [1.82, 2.24) is 5.06 Å². The van der Waals surface area contributed by atoms with Gasteiger partial charge in [-0.25, -0.2) is 0 Å². The van der Waals surface area contributed by atoms with Gasteiger partial charge in [-0.3, -0.25) is 0 Å². The molecule has 3 heteroatoms. The molecule has 1 aromatic carbocycles. The molecule has 0 radical (unpaired) electrons. The lowest BCUT2D eigenvalue weighted by atomic mass is 10.0. The van der Waals surface area contributed by atoms with E-state index in [2.05, 4.69) is 32.6 Å². The third-order valence-electron chi connectivity index (χ3n) is 4.30. The third-order valence-corrected chi connectivity index (χ3v) is 4.30. The van der Waals surface area contributed by atoms with Crippen molar-refractivity contribution in [3.8, 4) is 5.75 Å². The summed E-state index contributed by atoms with van der Waals surface area (Å²) in [4.78, 5) is 5.97. The van der Waals surface area contributed by atoms with Gasteiger partial charge in [0.25, 0.3) is 0 Å². The van der Waals surface area contributed by atoms with E-state index in [4.69, 9.17) is 9.57 Å². The molecule has 0 unspecified atom stereocenters. The van der Waals surface area contributed by atoms with Crippen LogP contribution in [0, 0.1) is 12.8 Å². The molecule has 24 heavy (non-hydrogen) atoms. The summed E-state index contributed by atoms with van der Waals surface area (Å²) in [7, 11) is 0. The van der Waals surface area contributed by atoms with Gasteiger partial charge in [0.2, 0.25) is 0 Å². The fourth-order valence-electron chi connectivity index (χ4n) is 2.54. The van der Waals surface area contributed by atoms with Crippen molar-refractivity contribution in [2.45, 2.75) is 33.6 Å². The largest absolute Gasteiger partial charge is 0.489 e. The second-order valence-corrected chi connectivity index (χ2v) is 6.42. The van der Waals surface area contributed by atoms with Crippen LogP contribution >= 0.6 is 0 Å². The molecule has 0 amide bonds. The lowest BCUT2D eigenvalue weighted by molar-refractivity contribution is -0.132. The minimum absolute atomic E-state index is 0.511. The van der Waals surface area contributed by atoms with Crippen LogP contribution in [0.15, 0.2) is 60.4 Å². The van der Waals surface area contributed by atoms with E-state index < -0.39 is 0 Å². The molecule has 2 rings (SSSR count). The summed E-state index contributed by atoms with van der Waals surface area (Å²) >= 11 is 0. The Bertz CT molecular complexity index is 578. The molecule has 0 N–H and O–H groups in total. The topological polar surface area (TPSA) is 21.7 Å². The van der Waals surface area contributed by atoms with Crippen molar-refractivity contribution >= 4 is 0 Å². The molecule has 3 nitrogen and oxygen atoms in total. The Morgan fingerprint density at radius 3 is 2.50 bits per heavy atom. The van der Waals surface area contributed by atoms with Crippen molar-refractivity contribution in [3.63, 3.8) is 0 Å². The summed E-state index contributed by atoms with van der Waals surface area (Å²) < 4.78 is 5.85. The lowest BCUT2D eigenvalue weighted by Gasteiger charge is -2.29. The number of rotatable bonds is 7. The summed E-state index contributed by atoms with van der Waals surface area (Å²) in [5.74, 6) is 2.43. The van der Waals surface area contributed by atoms with Crippen LogP contribution in [0.1, 0.15) is 32.3 Å². The summed E-state index contributed by atoms with van der Waals surface area (Å²) in [6.45, 7) is 12.7. The van der Waals surface area contributed by atoms with Crippen LogP contribution in [0.3, 0.4) is 0 Å². The van der Waals surface area contributed by atoms with Crippen molar-refractivity contribution in [2.24, 2.45) is 5.92 Å². The molecule has 0 bridgehead atoms. The average Bonchev–Trinajstić information content (AvgIpc) is 2.60. The predicted octanol–water partition coefficient (Wildman–Crippen LogP) is 5.05. The monoisotopic (exact) mass is 327 g/mol. The van der Waals surface area contributed by atoms with Crippen LogP contribution in [0.2, 0.25) is 0 Å². The maximum atomic E-state index is 5.97. The fraction of sp³-hybridized carbons (Fsp3) is 0.429. The predicted molar refractivity (Wildman–Crippen MR) is 99.8 cm³/mol. The summed E-state index contributed by atoms with van der Waals surface area (Å²) in [6, 6.07) is 8.09. The molecule has 0 spiro atoms. The van der Waals surface area contributed by atoms with Gasteiger partial charge in [0.05, 0.1) is 0 Å². The van der Waals surface area contributed by atoms with Crippen LogP contribution in [-0.4, -0.2) is 24.8 Å². The van der Waals surface area contributed by atoms with E-state index in [0.29, 0.717) is 6.61 Å². The smallest absolute Gasteiger partial charge is 0.147 e. The van der Waals surface area contributed by atoms with E-state index in [1.54, 1.807) is 6.08 Å². The van der Waals surface area contributed by atoms with Crippen molar-refractivity contribution in [3.05, 3.63) is 66.0 Å². The molecule has 1 aliphatic heterocycles. The van der Waals surface area contributed by atoms with E-state index in [9.17, 15) is 0 Å². The first-order valence-corrected chi connectivity index (χ1v) is 8.72. The number of hydrogen-bond donors (Lipinski definition) is 0. The van der Waals surface area contributed by atoms with E-state index in [1.165, 1.54) is 18.4 Å². The molecular weight excluding hydrogens is 298 g/mol. The van der Waals surface area contributed by atoms with E-state index in [1.807, 2.05) is 36.3 Å². The number of hydroxylamine groups is 2. The van der Waals surface area contributed by atoms with Gasteiger partial charge in [-0.05, 0) is 62.5 Å². The first-order valence-electron chi connectivity index (χ1n) is 8.72. The molecular formula is C21H29NO2. The highest BCUT2D eigenvalue weighted by atomic mass is 16.7. The maximum absolute atomic E-state index is 5.97. The van der Waals surface area contributed by atoms with E-state index in [0.717, 1.165) is 36.1 Å². The quantitative estimate of drug-likeness (QED) is 0.516. The van der Waals surface area contributed by atoms with Gasteiger partial charge in [0.15, 0.2) is 0 Å². The van der Waals surface area contributed by atoms with E-state index >= 15 is 0 Å². The highest BCUT2D eigenvalue weighted by molar-refractivity contribution is 5.29. The van der Waals surface area contributed by atoms with Crippen LogP contribution in [0.4, 0.5) is 0 Å². The standard InChI is InChI=1S/C21H29NO2/c1-5-19(16-23-21-9-7-17(3)8-10-21)15-20(6-2)24-22-13-11-18(4)12-14-22/h5-10,15,18H,2,11-14,16H2,1,3-4H3/b19-5+,20-15+. The normalized spacial score (nSPS) is 17.6. The molecule has 1 fully saturated rings. The number of allylic oxidation sites excluding steroid dienone is 2. The molecule has 0 aliphatic carbocycles. The van der Waals surface area contributed by atoms with Crippen molar-refractivity contribution < 1.29 is 9.57 Å². The number of benzene rings is 1. The van der Waals surface area contributed by atoms with Gasteiger partial charge >= 0.3 is 0 Å². The van der Waals surface area contributed by atoms with Gasteiger partial charge in [-0.2, -0.15) is 0 Å². The zero-order valence-electron chi connectivity index (χ0n) is 15.1. The average molecular weight is 327 g/mol. The van der Waals surface area contributed by atoms with Crippen molar-refractivity contribution in [2.75, 3.05) is 19.7 Å². The van der Waals surface area contributed by atoms with Crippen molar-refractivity contribution in [1.29, 1.82) is 0 Å². The Morgan fingerprint density at radius 2 is 1.92 bits per heavy atom. The maximum Gasteiger partial charge on any atom is 0.147 e. The summed E-state index contributed by atoms with van der Waals surface area (Å²) in [5, 5.41) is 2.03. The van der Waals surface area contributed by atoms with Gasteiger partial charge in [-0.1, -0.05) is 37.3 Å². The van der Waals surface area contributed by atoms with Crippen LogP contribution in [0.5, 0.6) is 5.75 Å². The Labute approximate surface area is 146 Å². The summed E-state index contributed by atoms with van der Waals surface area (Å²) in [5.41, 5.74) is 2.29. The Morgan fingerprint density at radius 1 is 1.25 bits per heavy atom. The van der Waals surface area contributed by atoms with E-state index in [-0.39, 0.29) is 0 Å². The first-order chi connectivity index (χ1) is 11.6. The molecule has 1 aliphatic rings. The van der Waals surface area contributed by atoms with Gasteiger partial charge in [0, 0.05) is 13.1 Å². The number of aryl methyl sites for hydroxylation is 1. The highest BCUT2D eigenvalue weighted by Crippen LogP contribution is 2.19. The molecule has 1 aromatic rings. The minimum Gasteiger partial charge on any atom is -0.489 e. The minimum atomic E-state index is 0.511. The second kappa shape index (κ2) is 9.33. The molecule has 130 valence electrons. The van der Waals surface area contributed by atoms with Gasteiger partial charge < -0.3 is 9.57 Å². The molecule has 0 atom stereocenters. The first kappa shape index (κ1) is 18.3. The second-order valence-electron chi connectivity index (χ2n) is 6.42. The third kappa shape index (κ3) is 5.89. The Kier molecular flexibility index (Phi) is 7.13. The molecule has 0 aromatic heterocycles. The Hall–Kier alpha value is -2.00. The Balaban J connectivity index is 1.91. The summed E-state index contributed by atoms with van der Waals surface area (Å²) in [6.07, 6.45) is 8.15. The molecule has 0 saturated carbocycles. The lowest BCUT2D eigenvalue weighted by Crippen LogP contribution is -2.32. The molecule has 1 heterocycles. The zero-order valence-corrected chi connectivity index (χ0v) is 15.1.